The normalized spacial score (nSPS) is 23.2. The van der Waals surface area contributed by atoms with Crippen LogP contribution in [0.1, 0.15) is 41.0 Å². The van der Waals surface area contributed by atoms with Crippen LogP contribution in [0.5, 0.6) is 5.88 Å². The number of alkyl halides is 3. The largest absolute Gasteiger partial charge is 0.472 e. The van der Waals surface area contributed by atoms with Gasteiger partial charge in [0.25, 0.3) is 5.91 Å². The number of rotatable bonds is 6. The van der Waals surface area contributed by atoms with Crippen LogP contribution in [-0.4, -0.2) is 62.6 Å². The average molecular weight is 514 g/mol. The maximum atomic E-state index is 14.1. The topological polar surface area (TPSA) is 90.3 Å². The standard InChI is InChI=1S/C26H26F3N5O3/c1-15-4-7-18(24-30-10-3-11-31-24)23(33-15)25(35)34-19-8-5-16(20(34)14-36-2)12-21(19)37-22-9-6-17(13-32-22)26(27,28)29/h3-4,6-7,9-11,13,16,19-21H,5,8,12,14H2,1-2H3. The number of carbonyl (C=O) groups is 1. The third kappa shape index (κ3) is 5.00. The van der Waals surface area contributed by atoms with Crippen molar-refractivity contribution in [3.63, 3.8) is 0 Å². The molecule has 1 saturated carbocycles. The monoisotopic (exact) mass is 513 g/mol. The highest BCUT2D eigenvalue weighted by Gasteiger charge is 2.51. The number of amides is 1. The van der Waals surface area contributed by atoms with E-state index in [2.05, 4.69) is 19.9 Å². The second-order valence-corrected chi connectivity index (χ2v) is 9.34. The maximum Gasteiger partial charge on any atom is 0.417 e. The molecule has 3 aromatic heterocycles. The quantitative estimate of drug-likeness (QED) is 0.484. The molecular formula is C26H26F3N5O3. The number of aromatic nitrogens is 4. The van der Waals surface area contributed by atoms with Crippen LogP contribution in [0.4, 0.5) is 13.2 Å². The number of pyridine rings is 2. The lowest BCUT2D eigenvalue weighted by molar-refractivity contribution is -0.137. The first-order chi connectivity index (χ1) is 17.8. The number of aryl methyl sites for hydroxylation is 1. The van der Waals surface area contributed by atoms with Gasteiger partial charge in [-0.2, -0.15) is 13.2 Å². The lowest BCUT2D eigenvalue weighted by Crippen LogP contribution is -2.65. The number of carbonyl (C=O) groups excluding carboxylic acids is 1. The van der Waals surface area contributed by atoms with Gasteiger partial charge in [0.1, 0.15) is 11.8 Å². The third-order valence-electron chi connectivity index (χ3n) is 7.01. The molecule has 2 aliphatic heterocycles. The SMILES string of the molecule is COCC1C2CCC(C(Oc3ccc(C(F)(F)F)cn3)C2)N1C(=O)c1nc(C)ccc1-c1ncccn1. The van der Waals surface area contributed by atoms with Gasteiger partial charge in [-0.25, -0.2) is 19.9 Å². The first-order valence-corrected chi connectivity index (χ1v) is 12.0. The number of halogens is 3. The van der Waals surface area contributed by atoms with E-state index in [0.717, 1.165) is 18.7 Å². The fourth-order valence-electron chi connectivity index (χ4n) is 5.33. The molecule has 0 radical (unpaired) electrons. The van der Waals surface area contributed by atoms with Crippen LogP contribution in [0.2, 0.25) is 0 Å². The van der Waals surface area contributed by atoms with Crippen LogP contribution >= 0.6 is 0 Å². The van der Waals surface area contributed by atoms with Crippen molar-refractivity contribution in [3.05, 3.63) is 65.9 Å². The van der Waals surface area contributed by atoms with Gasteiger partial charge in [0.15, 0.2) is 5.82 Å². The van der Waals surface area contributed by atoms with E-state index in [1.807, 2.05) is 6.92 Å². The molecule has 3 aliphatic rings. The molecule has 2 bridgehead atoms. The highest BCUT2D eigenvalue weighted by atomic mass is 19.4. The number of fused-ring (bicyclic) bond motifs is 3. The molecule has 11 heteroatoms. The fourth-order valence-corrected chi connectivity index (χ4v) is 5.33. The lowest BCUT2D eigenvalue weighted by atomic mass is 9.72. The highest BCUT2D eigenvalue weighted by molar-refractivity contribution is 5.98. The van der Waals surface area contributed by atoms with E-state index in [9.17, 15) is 18.0 Å². The first kappa shape index (κ1) is 25.1. The Morgan fingerprint density at radius 2 is 1.89 bits per heavy atom. The second kappa shape index (κ2) is 10.0. The van der Waals surface area contributed by atoms with Crippen molar-refractivity contribution in [1.82, 2.24) is 24.8 Å². The Morgan fingerprint density at radius 1 is 1.11 bits per heavy atom. The smallest absolute Gasteiger partial charge is 0.417 e. The average Bonchev–Trinajstić information content (AvgIpc) is 2.89. The van der Waals surface area contributed by atoms with Gasteiger partial charge in [0, 0.05) is 37.5 Å². The van der Waals surface area contributed by atoms with Crippen molar-refractivity contribution in [2.45, 2.75) is 50.6 Å². The minimum atomic E-state index is -4.48. The second-order valence-electron chi connectivity index (χ2n) is 9.34. The van der Waals surface area contributed by atoms with Gasteiger partial charge in [0.05, 0.1) is 29.8 Å². The molecule has 37 heavy (non-hydrogen) atoms. The maximum absolute atomic E-state index is 14.1. The number of methoxy groups -OCH3 is 1. The van der Waals surface area contributed by atoms with Crippen LogP contribution in [0, 0.1) is 12.8 Å². The van der Waals surface area contributed by atoms with Crippen LogP contribution < -0.4 is 4.74 Å². The Bertz CT molecular complexity index is 1260. The Kier molecular flexibility index (Phi) is 6.80. The summed E-state index contributed by atoms with van der Waals surface area (Å²) in [6.45, 7) is 2.16. The van der Waals surface area contributed by atoms with Gasteiger partial charge in [-0.05, 0) is 56.4 Å². The molecule has 0 N–H and O–H groups in total. The molecule has 194 valence electrons. The summed E-state index contributed by atoms with van der Waals surface area (Å²) >= 11 is 0. The summed E-state index contributed by atoms with van der Waals surface area (Å²) < 4.78 is 50.4. The van der Waals surface area contributed by atoms with Gasteiger partial charge in [-0.1, -0.05) is 0 Å². The van der Waals surface area contributed by atoms with Gasteiger partial charge in [-0.15, -0.1) is 0 Å². The molecule has 2 saturated heterocycles. The molecule has 3 aromatic rings. The molecule has 4 atom stereocenters. The van der Waals surface area contributed by atoms with Crippen molar-refractivity contribution < 1.29 is 27.4 Å². The Labute approximate surface area is 211 Å². The summed E-state index contributed by atoms with van der Waals surface area (Å²) in [5, 5.41) is 0. The van der Waals surface area contributed by atoms with Crippen molar-refractivity contribution in [3.8, 4) is 17.3 Å². The minimum Gasteiger partial charge on any atom is -0.472 e. The molecule has 0 spiro atoms. The van der Waals surface area contributed by atoms with Gasteiger partial charge >= 0.3 is 6.18 Å². The molecule has 8 nitrogen and oxygen atoms in total. The molecule has 1 amide bonds. The van der Waals surface area contributed by atoms with E-state index >= 15 is 0 Å². The number of piperidine rings is 2. The van der Waals surface area contributed by atoms with E-state index in [0.29, 0.717) is 36.5 Å². The summed E-state index contributed by atoms with van der Waals surface area (Å²) in [6.07, 6.45) is 1.27. The molecular weight excluding hydrogens is 487 g/mol. The zero-order chi connectivity index (χ0) is 26.2. The summed E-state index contributed by atoms with van der Waals surface area (Å²) in [5.41, 5.74) is 0.598. The summed E-state index contributed by atoms with van der Waals surface area (Å²) in [4.78, 5) is 33.0. The van der Waals surface area contributed by atoms with Crippen molar-refractivity contribution >= 4 is 5.91 Å². The van der Waals surface area contributed by atoms with Crippen molar-refractivity contribution in [1.29, 1.82) is 0 Å². The van der Waals surface area contributed by atoms with Gasteiger partial charge < -0.3 is 14.4 Å². The number of ether oxygens (including phenoxy) is 2. The predicted octanol–water partition coefficient (Wildman–Crippen LogP) is 4.35. The van der Waals surface area contributed by atoms with Crippen LogP contribution in [0.3, 0.4) is 0 Å². The van der Waals surface area contributed by atoms with Crippen molar-refractivity contribution in [2.75, 3.05) is 13.7 Å². The number of nitrogens with zero attached hydrogens (tertiary/aromatic N) is 5. The fraction of sp³-hybridized carbons (Fsp3) is 0.423. The predicted molar refractivity (Wildman–Crippen MR) is 127 cm³/mol. The van der Waals surface area contributed by atoms with Gasteiger partial charge in [0.2, 0.25) is 5.88 Å². The van der Waals surface area contributed by atoms with E-state index in [4.69, 9.17) is 9.47 Å². The van der Waals surface area contributed by atoms with Crippen molar-refractivity contribution in [2.24, 2.45) is 5.92 Å². The van der Waals surface area contributed by atoms with Crippen LogP contribution in [0.25, 0.3) is 11.4 Å². The number of hydrogen-bond acceptors (Lipinski definition) is 7. The molecule has 1 aliphatic carbocycles. The van der Waals surface area contributed by atoms with E-state index in [1.54, 1.807) is 42.6 Å². The summed E-state index contributed by atoms with van der Waals surface area (Å²) in [5.74, 6) is 0.296. The molecule has 6 rings (SSSR count). The first-order valence-electron chi connectivity index (χ1n) is 12.0. The lowest BCUT2D eigenvalue weighted by Gasteiger charge is -2.54. The minimum absolute atomic E-state index is 0.0910. The summed E-state index contributed by atoms with van der Waals surface area (Å²) in [7, 11) is 1.60. The zero-order valence-corrected chi connectivity index (χ0v) is 20.4. The molecule has 0 aromatic carbocycles. The molecule has 4 unspecified atom stereocenters. The number of hydrogen-bond donors (Lipinski definition) is 0. The van der Waals surface area contributed by atoms with E-state index in [-0.39, 0.29) is 35.5 Å². The highest BCUT2D eigenvalue weighted by Crippen LogP contribution is 2.42. The zero-order valence-electron chi connectivity index (χ0n) is 20.4. The summed E-state index contributed by atoms with van der Waals surface area (Å²) in [6, 6.07) is 6.94. The van der Waals surface area contributed by atoms with E-state index in [1.165, 1.54) is 6.07 Å². The Hall–Kier alpha value is -3.60. The Morgan fingerprint density at radius 3 is 2.57 bits per heavy atom. The van der Waals surface area contributed by atoms with Crippen LogP contribution in [0.15, 0.2) is 48.9 Å². The third-order valence-corrected chi connectivity index (χ3v) is 7.01. The Balaban J connectivity index is 1.47. The van der Waals surface area contributed by atoms with E-state index < -0.39 is 17.8 Å². The molecule has 3 fully saturated rings. The van der Waals surface area contributed by atoms with Crippen LogP contribution in [-0.2, 0) is 10.9 Å². The molecule has 5 heterocycles. The van der Waals surface area contributed by atoms with Gasteiger partial charge in [-0.3, -0.25) is 4.79 Å².